The second-order valence-corrected chi connectivity index (χ2v) is 17.4. The van der Waals surface area contributed by atoms with Gasteiger partial charge in [-0.15, -0.1) is 0 Å². The summed E-state index contributed by atoms with van der Waals surface area (Å²) in [6.07, 6.45) is -0.220. The van der Waals surface area contributed by atoms with Crippen molar-refractivity contribution in [3.8, 4) is 0 Å². The van der Waals surface area contributed by atoms with Crippen molar-refractivity contribution in [1.82, 2.24) is 15.2 Å². The molecule has 0 radical (unpaired) electrons. The molecular formula is C33H46F2N4O10S2. The van der Waals surface area contributed by atoms with E-state index in [0.29, 0.717) is 11.6 Å². The Kier molecular flexibility index (Phi) is 14.4. The highest BCUT2D eigenvalue weighted by molar-refractivity contribution is 8.10. The van der Waals surface area contributed by atoms with Crippen LogP contribution in [0.1, 0.15) is 82.8 Å². The van der Waals surface area contributed by atoms with E-state index in [1.165, 1.54) is 31.5 Å². The lowest BCUT2D eigenvalue weighted by Gasteiger charge is -2.48. The first-order valence-corrected chi connectivity index (χ1v) is 19.9. The quantitative estimate of drug-likeness (QED) is 0.117. The minimum Gasteiger partial charge on any atom is -0.452 e. The van der Waals surface area contributed by atoms with E-state index >= 15 is 0 Å². The summed E-state index contributed by atoms with van der Waals surface area (Å²) in [6, 6.07) is 5.14. The smallest absolute Gasteiger partial charge is 0.421 e. The summed E-state index contributed by atoms with van der Waals surface area (Å²) >= 11 is 0. The lowest BCUT2D eigenvalue weighted by Crippen LogP contribution is -2.81. The number of hydrogen-bond acceptors (Lipinski definition) is 13. The molecule has 14 nitrogen and oxygen atoms in total. The average Bonchev–Trinajstić information content (AvgIpc) is 3.91. The number of aromatic nitrogens is 1. The number of carbonyl (C=O) groups excluding carboxylic acids is 3. The van der Waals surface area contributed by atoms with Crippen LogP contribution in [0.3, 0.4) is 0 Å². The number of carbonyl (C=O) groups is 3. The number of nitrogens with one attached hydrogen (secondary N) is 1. The van der Waals surface area contributed by atoms with Gasteiger partial charge in [0.1, 0.15) is 25.0 Å². The normalized spacial score (nSPS) is 15.4. The van der Waals surface area contributed by atoms with Crippen LogP contribution in [-0.2, 0) is 45.3 Å². The molecule has 1 unspecified atom stereocenters. The van der Waals surface area contributed by atoms with Crippen LogP contribution in [0.4, 0.5) is 18.4 Å². The number of ether oxygens (including phenoxy) is 3. The number of esters is 1. The number of nitrogens with two attached hydrogens (primary N) is 1. The SMILES string of the molecule is CCCCS(=O)(=O)C(CC(C)c1cc(F)cc(F)c1)([C@](N)(C(=O)OCNC1CC1)N(C(=O)OC)C(=O)OCc1ccncc1)S(=O)(=O)CCCC. The van der Waals surface area contributed by atoms with Crippen LogP contribution in [0.5, 0.6) is 0 Å². The Morgan fingerprint density at radius 3 is 2.00 bits per heavy atom. The first kappa shape index (κ1) is 41.7. The zero-order valence-corrected chi connectivity index (χ0v) is 30.7. The zero-order valence-electron chi connectivity index (χ0n) is 29.1. The van der Waals surface area contributed by atoms with Crippen molar-refractivity contribution in [2.75, 3.05) is 25.3 Å². The fraction of sp³-hybridized carbons (Fsp3) is 0.576. The number of sulfone groups is 2. The number of unbranched alkanes of at least 4 members (excludes halogenated alkanes) is 2. The third-order valence-electron chi connectivity index (χ3n) is 8.62. The highest BCUT2D eigenvalue weighted by Crippen LogP contribution is 2.47. The van der Waals surface area contributed by atoms with E-state index in [2.05, 4.69) is 10.3 Å². The van der Waals surface area contributed by atoms with Gasteiger partial charge in [0, 0.05) is 24.5 Å². The summed E-state index contributed by atoms with van der Waals surface area (Å²) in [7, 11) is -9.73. The predicted octanol–water partition coefficient (Wildman–Crippen LogP) is 4.29. The van der Waals surface area contributed by atoms with Crippen LogP contribution in [0.2, 0.25) is 0 Å². The van der Waals surface area contributed by atoms with Crippen molar-refractivity contribution in [3.05, 3.63) is 65.5 Å². The molecule has 1 fully saturated rings. The Morgan fingerprint density at radius 1 is 0.961 bits per heavy atom. The second-order valence-electron chi connectivity index (χ2n) is 12.4. The van der Waals surface area contributed by atoms with Gasteiger partial charge in [0.2, 0.25) is 9.74 Å². The van der Waals surface area contributed by atoms with Gasteiger partial charge in [-0.3, -0.25) is 16.0 Å². The number of nitrogens with zero attached hydrogens (tertiary/aromatic N) is 2. The van der Waals surface area contributed by atoms with Crippen LogP contribution in [0.25, 0.3) is 0 Å². The van der Waals surface area contributed by atoms with Crippen molar-refractivity contribution >= 4 is 37.8 Å². The van der Waals surface area contributed by atoms with Gasteiger partial charge in [-0.05, 0) is 73.4 Å². The van der Waals surface area contributed by atoms with Gasteiger partial charge < -0.3 is 14.2 Å². The molecule has 284 valence electrons. The van der Waals surface area contributed by atoms with Gasteiger partial charge >= 0.3 is 18.2 Å². The number of methoxy groups -OCH3 is 1. The van der Waals surface area contributed by atoms with Crippen molar-refractivity contribution in [1.29, 1.82) is 0 Å². The van der Waals surface area contributed by atoms with Crippen molar-refractivity contribution in [3.63, 3.8) is 0 Å². The van der Waals surface area contributed by atoms with Crippen molar-refractivity contribution < 1.29 is 54.2 Å². The topological polar surface area (TPSA) is 201 Å². The van der Waals surface area contributed by atoms with Gasteiger partial charge in [0.15, 0.2) is 19.7 Å². The first-order chi connectivity index (χ1) is 24.0. The molecule has 1 aromatic heterocycles. The molecule has 2 aromatic rings. The van der Waals surface area contributed by atoms with E-state index in [0.717, 1.165) is 32.1 Å². The summed E-state index contributed by atoms with van der Waals surface area (Å²) in [5, 5.41) is 2.86. The molecular weight excluding hydrogens is 715 g/mol. The Morgan fingerprint density at radius 2 is 1.51 bits per heavy atom. The van der Waals surface area contributed by atoms with Crippen LogP contribution in [-0.4, -0.2) is 86.0 Å². The van der Waals surface area contributed by atoms with E-state index < -0.39 is 96.4 Å². The Balaban J connectivity index is 2.45. The molecule has 1 aromatic carbocycles. The molecule has 3 N–H and O–H groups in total. The van der Waals surface area contributed by atoms with E-state index in [-0.39, 0.29) is 42.2 Å². The second kappa shape index (κ2) is 17.7. The maximum Gasteiger partial charge on any atom is 0.421 e. The highest BCUT2D eigenvalue weighted by atomic mass is 32.3. The number of pyridine rings is 1. The molecule has 2 amide bonds. The third kappa shape index (κ3) is 9.39. The van der Waals surface area contributed by atoms with Crippen LogP contribution < -0.4 is 11.1 Å². The van der Waals surface area contributed by atoms with Crippen LogP contribution >= 0.6 is 0 Å². The van der Waals surface area contributed by atoms with E-state index in [1.54, 1.807) is 13.8 Å². The molecule has 0 aliphatic heterocycles. The molecule has 1 aliphatic carbocycles. The number of amides is 2. The van der Waals surface area contributed by atoms with E-state index in [1.807, 2.05) is 0 Å². The summed E-state index contributed by atoms with van der Waals surface area (Å²) in [4.78, 5) is 45.9. The summed E-state index contributed by atoms with van der Waals surface area (Å²) in [5.41, 5.74) is 3.27. The molecule has 0 saturated heterocycles. The van der Waals surface area contributed by atoms with E-state index in [4.69, 9.17) is 19.9 Å². The minimum absolute atomic E-state index is 0.0683. The van der Waals surface area contributed by atoms with Crippen molar-refractivity contribution in [2.45, 2.75) is 94.0 Å². The molecule has 1 saturated carbocycles. The van der Waals surface area contributed by atoms with E-state index in [9.17, 15) is 40.0 Å². The Hall–Kier alpha value is -3.74. The maximum atomic E-state index is 14.9. The number of rotatable bonds is 19. The van der Waals surface area contributed by atoms with Gasteiger partial charge in [-0.25, -0.2) is 40.0 Å². The molecule has 0 spiro atoms. The van der Waals surface area contributed by atoms with Gasteiger partial charge in [-0.2, -0.15) is 4.90 Å². The summed E-state index contributed by atoms with van der Waals surface area (Å²) < 4.78 is 101. The number of hydrogen-bond donors (Lipinski definition) is 2. The highest BCUT2D eigenvalue weighted by Gasteiger charge is 2.75. The first-order valence-electron chi connectivity index (χ1n) is 16.5. The van der Waals surface area contributed by atoms with Crippen LogP contribution in [0, 0.1) is 11.6 Å². The molecule has 2 atom stereocenters. The summed E-state index contributed by atoms with van der Waals surface area (Å²) in [5.74, 6) is -7.04. The number of benzene rings is 1. The molecule has 3 rings (SSSR count). The third-order valence-corrected chi connectivity index (χ3v) is 14.8. The Bertz CT molecular complexity index is 1690. The van der Waals surface area contributed by atoms with Crippen LogP contribution in [0.15, 0.2) is 42.7 Å². The van der Waals surface area contributed by atoms with Crippen molar-refractivity contribution in [2.24, 2.45) is 5.73 Å². The maximum absolute atomic E-state index is 14.9. The Labute approximate surface area is 297 Å². The molecule has 0 bridgehead atoms. The molecule has 1 aliphatic rings. The fourth-order valence-electron chi connectivity index (χ4n) is 5.64. The number of halogens is 2. The van der Waals surface area contributed by atoms with Gasteiger partial charge in [-0.1, -0.05) is 33.6 Å². The minimum atomic E-state index is -5.26. The largest absolute Gasteiger partial charge is 0.452 e. The number of imide groups is 1. The summed E-state index contributed by atoms with van der Waals surface area (Å²) in [6.45, 7) is 3.38. The molecule has 1 heterocycles. The lowest BCUT2D eigenvalue weighted by molar-refractivity contribution is -0.158. The average molecular weight is 761 g/mol. The standard InChI is InChI=1S/C33H46F2N4O10S2/c1-5-7-15-50(43,44)32(51(45,46)16-8-6-2,20-23(3)25-17-26(34)19-27(35)18-25)33(36,29(40)49-22-38-28-9-10-28)39(30(41)47-4)31(42)48-21-24-11-13-37-14-12-24/h11-14,17-19,23,28,38H,5-10,15-16,20-22,36H2,1-4H3/t23?,33-/m0/s1. The molecule has 51 heavy (non-hydrogen) atoms. The zero-order chi connectivity index (χ0) is 38.0. The predicted molar refractivity (Wildman–Crippen MR) is 182 cm³/mol. The van der Waals surface area contributed by atoms with Gasteiger partial charge in [0.05, 0.1) is 18.6 Å². The lowest BCUT2D eigenvalue weighted by atomic mass is 9.90. The molecule has 18 heteroatoms. The van der Waals surface area contributed by atoms with Gasteiger partial charge in [0.25, 0.3) is 0 Å². The monoisotopic (exact) mass is 760 g/mol. The fourth-order valence-corrected chi connectivity index (χ4v) is 12.0.